The second-order valence-corrected chi connectivity index (χ2v) is 11.0. The Bertz CT molecular complexity index is 1160. The molecule has 2 aliphatic heterocycles. The Kier molecular flexibility index (Phi) is 8.65. The molecule has 2 heterocycles. The summed E-state index contributed by atoms with van der Waals surface area (Å²) in [5.41, 5.74) is 4.92. The highest BCUT2D eigenvalue weighted by Gasteiger charge is 2.32. The summed E-state index contributed by atoms with van der Waals surface area (Å²) >= 11 is 0. The molecule has 1 unspecified atom stereocenters. The molecule has 2 aromatic carbocycles. The monoisotopic (exact) mass is 531 g/mol. The molecule has 2 amide bonds. The van der Waals surface area contributed by atoms with Crippen LogP contribution in [-0.2, 0) is 4.79 Å². The van der Waals surface area contributed by atoms with E-state index in [-0.39, 0.29) is 17.2 Å². The molecule has 2 aromatic rings. The van der Waals surface area contributed by atoms with Crippen molar-refractivity contribution in [1.29, 1.82) is 0 Å². The summed E-state index contributed by atoms with van der Waals surface area (Å²) in [6, 6.07) is 7.82. The Hall–Kier alpha value is -3.07. The molecular formula is C29H36F3N3O3. The quantitative estimate of drug-likeness (QED) is 0.523. The zero-order valence-corrected chi connectivity index (χ0v) is 22.0. The number of hydrogen-bond donors (Lipinski definition) is 1. The van der Waals surface area contributed by atoms with E-state index in [0.29, 0.717) is 37.2 Å². The third-order valence-corrected chi connectivity index (χ3v) is 7.34. The van der Waals surface area contributed by atoms with E-state index in [9.17, 15) is 22.8 Å². The first-order valence-electron chi connectivity index (χ1n) is 13.3. The van der Waals surface area contributed by atoms with Crippen LogP contribution in [0, 0.1) is 17.6 Å². The summed E-state index contributed by atoms with van der Waals surface area (Å²) in [4.78, 5) is 28.1. The lowest BCUT2D eigenvalue weighted by atomic mass is 9.96. The summed E-state index contributed by atoms with van der Waals surface area (Å²) in [7, 11) is 0. The maximum atomic E-state index is 15.0. The van der Waals surface area contributed by atoms with Crippen LogP contribution in [0.25, 0.3) is 11.1 Å². The highest BCUT2D eigenvalue weighted by atomic mass is 19.1. The van der Waals surface area contributed by atoms with Gasteiger partial charge in [-0.05, 0) is 100 Å². The van der Waals surface area contributed by atoms with E-state index in [2.05, 4.69) is 4.90 Å². The molecule has 38 heavy (non-hydrogen) atoms. The van der Waals surface area contributed by atoms with E-state index in [1.807, 2.05) is 0 Å². The first kappa shape index (κ1) is 28.0. The normalized spacial score (nSPS) is 19.4. The fraction of sp³-hybridized carbons (Fsp3) is 0.517. The maximum Gasteiger partial charge on any atom is 0.257 e. The van der Waals surface area contributed by atoms with Gasteiger partial charge in [-0.3, -0.25) is 9.59 Å². The minimum Gasteiger partial charge on any atom is -0.490 e. The van der Waals surface area contributed by atoms with Crippen LogP contribution in [-0.4, -0.2) is 66.1 Å². The van der Waals surface area contributed by atoms with Gasteiger partial charge in [0.15, 0.2) is 11.6 Å². The van der Waals surface area contributed by atoms with Gasteiger partial charge in [0.1, 0.15) is 17.5 Å². The van der Waals surface area contributed by atoms with Gasteiger partial charge in [-0.15, -0.1) is 0 Å². The maximum absolute atomic E-state index is 15.0. The first-order valence-corrected chi connectivity index (χ1v) is 13.3. The highest BCUT2D eigenvalue weighted by molar-refractivity contribution is 5.98. The molecule has 9 heteroatoms. The van der Waals surface area contributed by atoms with Crippen LogP contribution < -0.4 is 10.5 Å². The molecule has 2 aliphatic rings. The molecule has 2 N–H and O–H groups in total. The van der Waals surface area contributed by atoms with E-state index in [1.165, 1.54) is 29.2 Å². The number of nitrogens with two attached hydrogens (primary N) is 1. The van der Waals surface area contributed by atoms with Gasteiger partial charge in [-0.2, -0.15) is 0 Å². The van der Waals surface area contributed by atoms with Gasteiger partial charge in [0.25, 0.3) is 5.91 Å². The fourth-order valence-corrected chi connectivity index (χ4v) is 5.34. The van der Waals surface area contributed by atoms with Crippen molar-refractivity contribution in [3.8, 4) is 16.9 Å². The largest absolute Gasteiger partial charge is 0.490 e. The Balaban J connectivity index is 1.37. The number of primary amides is 1. The predicted octanol–water partition coefficient (Wildman–Crippen LogP) is 4.95. The Labute approximate surface area is 221 Å². The SMILES string of the molecule is CC(C)(F)CN1CCC(COc2ccc(-c3ccc(C(=O)N4CCCCC4C(N)=O)c(F)c3)cc2F)CC1. The van der Waals surface area contributed by atoms with Gasteiger partial charge in [0.2, 0.25) is 5.91 Å². The molecule has 0 bridgehead atoms. The number of hydrogen-bond acceptors (Lipinski definition) is 4. The lowest BCUT2D eigenvalue weighted by Gasteiger charge is -2.34. The number of carbonyl (C=O) groups excluding carboxylic acids is 2. The van der Waals surface area contributed by atoms with Crippen molar-refractivity contribution in [3.63, 3.8) is 0 Å². The highest BCUT2D eigenvalue weighted by Crippen LogP contribution is 2.29. The van der Waals surface area contributed by atoms with Crippen LogP contribution >= 0.6 is 0 Å². The van der Waals surface area contributed by atoms with Crippen LogP contribution in [0.5, 0.6) is 5.75 Å². The van der Waals surface area contributed by atoms with Crippen molar-refractivity contribution < 1.29 is 27.5 Å². The van der Waals surface area contributed by atoms with Crippen LogP contribution in [0.2, 0.25) is 0 Å². The molecule has 2 saturated heterocycles. The van der Waals surface area contributed by atoms with Crippen molar-refractivity contribution in [3.05, 3.63) is 53.6 Å². The average Bonchev–Trinajstić information content (AvgIpc) is 2.87. The number of likely N-dealkylation sites (tertiary alicyclic amines) is 2. The lowest BCUT2D eigenvalue weighted by Crippen LogP contribution is -2.50. The number of nitrogens with zero attached hydrogens (tertiary/aromatic N) is 2. The summed E-state index contributed by atoms with van der Waals surface area (Å²) in [5.74, 6) is -2.09. The van der Waals surface area contributed by atoms with E-state index >= 15 is 0 Å². The van der Waals surface area contributed by atoms with Gasteiger partial charge in [-0.25, -0.2) is 13.2 Å². The zero-order valence-electron chi connectivity index (χ0n) is 22.0. The minimum atomic E-state index is -1.23. The van der Waals surface area contributed by atoms with Crippen molar-refractivity contribution in [2.75, 3.05) is 32.8 Å². The summed E-state index contributed by atoms with van der Waals surface area (Å²) in [5, 5.41) is 0. The van der Waals surface area contributed by atoms with Crippen molar-refractivity contribution in [2.45, 2.75) is 57.7 Å². The molecule has 0 radical (unpaired) electrons. The third kappa shape index (κ3) is 6.87. The Morgan fingerprint density at radius 2 is 1.63 bits per heavy atom. The average molecular weight is 532 g/mol. The number of benzene rings is 2. The van der Waals surface area contributed by atoms with Crippen molar-refractivity contribution >= 4 is 11.8 Å². The smallest absolute Gasteiger partial charge is 0.257 e. The molecule has 0 aliphatic carbocycles. The van der Waals surface area contributed by atoms with E-state index in [1.54, 1.807) is 26.0 Å². The number of ether oxygens (including phenoxy) is 1. The minimum absolute atomic E-state index is 0.121. The Morgan fingerprint density at radius 1 is 0.974 bits per heavy atom. The van der Waals surface area contributed by atoms with Gasteiger partial charge >= 0.3 is 0 Å². The van der Waals surface area contributed by atoms with Gasteiger partial charge in [-0.1, -0.05) is 12.1 Å². The summed E-state index contributed by atoms with van der Waals surface area (Å²) in [6.45, 7) is 5.84. The van der Waals surface area contributed by atoms with Crippen molar-refractivity contribution in [1.82, 2.24) is 9.80 Å². The second kappa shape index (κ2) is 11.8. The molecule has 6 nitrogen and oxygen atoms in total. The fourth-order valence-electron chi connectivity index (χ4n) is 5.34. The molecule has 4 rings (SSSR count). The van der Waals surface area contributed by atoms with Crippen LogP contribution in [0.4, 0.5) is 13.2 Å². The predicted molar refractivity (Wildman–Crippen MR) is 140 cm³/mol. The zero-order chi connectivity index (χ0) is 27.4. The lowest BCUT2D eigenvalue weighted by molar-refractivity contribution is -0.123. The molecule has 2 fully saturated rings. The number of piperidine rings is 2. The second-order valence-electron chi connectivity index (χ2n) is 11.0. The first-order chi connectivity index (χ1) is 18.0. The molecule has 0 aromatic heterocycles. The van der Waals surface area contributed by atoms with Crippen LogP contribution in [0.15, 0.2) is 36.4 Å². The molecule has 1 atom stereocenters. The van der Waals surface area contributed by atoms with Gasteiger partial charge in [0, 0.05) is 13.1 Å². The van der Waals surface area contributed by atoms with Gasteiger partial charge in [0.05, 0.1) is 12.2 Å². The number of halogens is 3. The molecule has 206 valence electrons. The molecular weight excluding hydrogens is 495 g/mol. The number of carbonyl (C=O) groups is 2. The van der Waals surface area contributed by atoms with E-state index in [4.69, 9.17) is 10.5 Å². The number of amides is 2. The standard InChI is InChI=1S/C29H36F3N3O3/c1-29(2,32)18-34-13-10-19(11-14-34)17-38-26-9-7-21(16-24(26)31)20-6-8-22(23(30)15-20)28(37)35-12-4-3-5-25(35)27(33)36/h6-9,15-16,19,25H,3-5,10-14,17-18H2,1-2H3,(H2,33,36). The summed E-state index contributed by atoms with van der Waals surface area (Å²) < 4.78 is 49.4. The van der Waals surface area contributed by atoms with Crippen molar-refractivity contribution in [2.24, 2.45) is 11.7 Å². The number of rotatable bonds is 8. The topological polar surface area (TPSA) is 75.9 Å². The molecule has 0 saturated carbocycles. The third-order valence-electron chi connectivity index (χ3n) is 7.34. The van der Waals surface area contributed by atoms with Gasteiger partial charge < -0.3 is 20.3 Å². The van der Waals surface area contributed by atoms with Crippen LogP contribution in [0.3, 0.4) is 0 Å². The summed E-state index contributed by atoms with van der Waals surface area (Å²) in [6.07, 6.45) is 3.68. The number of alkyl halides is 1. The molecule has 0 spiro atoms. The Morgan fingerprint density at radius 3 is 2.24 bits per heavy atom. The van der Waals surface area contributed by atoms with E-state index in [0.717, 1.165) is 38.8 Å². The van der Waals surface area contributed by atoms with E-state index < -0.39 is 35.2 Å². The van der Waals surface area contributed by atoms with Crippen LogP contribution in [0.1, 0.15) is 56.3 Å².